The van der Waals surface area contributed by atoms with Crippen LogP contribution in [0.1, 0.15) is 24.5 Å². The minimum Gasteiger partial charge on any atom is -0.382 e. The van der Waals surface area contributed by atoms with Gasteiger partial charge in [-0.05, 0) is 44.4 Å². The van der Waals surface area contributed by atoms with Crippen LogP contribution >= 0.6 is 0 Å². The zero-order valence-electron chi connectivity index (χ0n) is 14.3. The molecule has 0 saturated carbocycles. The summed E-state index contributed by atoms with van der Waals surface area (Å²) in [5.74, 6) is -0.326. The van der Waals surface area contributed by atoms with E-state index in [0.717, 1.165) is 21.7 Å². The molecule has 1 aromatic carbocycles. The fourth-order valence-corrected chi connectivity index (χ4v) is 3.01. The van der Waals surface area contributed by atoms with Crippen LogP contribution in [0.3, 0.4) is 0 Å². The Morgan fingerprint density at radius 1 is 1.30 bits per heavy atom. The first kappa shape index (κ1) is 19.4. The van der Waals surface area contributed by atoms with E-state index in [4.69, 9.17) is 4.74 Å². The number of anilines is 1. The number of hydrogen-bond donors (Lipinski definition) is 1. The van der Waals surface area contributed by atoms with Crippen LogP contribution in [0.25, 0.3) is 0 Å². The fourth-order valence-electron chi connectivity index (χ4n) is 2.10. The van der Waals surface area contributed by atoms with Gasteiger partial charge in [-0.25, -0.2) is 8.42 Å². The summed E-state index contributed by atoms with van der Waals surface area (Å²) in [7, 11) is -3.54. The SMILES string of the molecule is CCOCCCNC(=O)CN(c1cc(C)ccc1C)S(C)(=O)=O. The van der Waals surface area contributed by atoms with Crippen molar-refractivity contribution >= 4 is 21.6 Å². The van der Waals surface area contributed by atoms with Gasteiger partial charge >= 0.3 is 0 Å². The Balaban J connectivity index is 2.77. The number of aryl methyl sites for hydroxylation is 2. The normalized spacial score (nSPS) is 11.3. The summed E-state index contributed by atoms with van der Waals surface area (Å²) < 4.78 is 30.5. The zero-order chi connectivity index (χ0) is 17.5. The molecule has 1 amide bonds. The van der Waals surface area contributed by atoms with Gasteiger partial charge in [0.25, 0.3) is 0 Å². The molecule has 6 nitrogen and oxygen atoms in total. The van der Waals surface area contributed by atoms with Crippen LogP contribution in [0.15, 0.2) is 18.2 Å². The Kier molecular flexibility index (Phi) is 7.51. The first-order chi connectivity index (χ1) is 10.8. The number of ether oxygens (including phenoxy) is 1. The van der Waals surface area contributed by atoms with E-state index in [1.54, 1.807) is 6.07 Å². The number of nitrogens with one attached hydrogen (secondary N) is 1. The lowest BCUT2D eigenvalue weighted by molar-refractivity contribution is -0.119. The second-order valence-corrected chi connectivity index (χ2v) is 7.37. The van der Waals surface area contributed by atoms with Crippen molar-refractivity contribution in [3.8, 4) is 0 Å². The molecule has 130 valence electrons. The summed E-state index contributed by atoms with van der Waals surface area (Å²) in [6.07, 6.45) is 1.80. The number of hydrogen-bond acceptors (Lipinski definition) is 4. The number of amides is 1. The van der Waals surface area contributed by atoms with Crippen molar-refractivity contribution in [1.82, 2.24) is 5.32 Å². The molecule has 0 heterocycles. The van der Waals surface area contributed by atoms with Crippen molar-refractivity contribution < 1.29 is 17.9 Å². The molecule has 0 aliphatic heterocycles. The van der Waals surface area contributed by atoms with Crippen molar-refractivity contribution in [2.24, 2.45) is 0 Å². The van der Waals surface area contributed by atoms with Crippen LogP contribution in [0.5, 0.6) is 0 Å². The van der Waals surface area contributed by atoms with E-state index in [-0.39, 0.29) is 12.5 Å². The van der Waals surface area contributed by atoms with Crippen LogP contribution in [-0.4, -0.2) is 46.9 Å². The van der Waals surface area contributed by atoms with Gasteiger partial charge in [0.05, 0.1) is 11.9 Å². The number of sulfonamides is 1. The maximum atomic E-state index is 12.1. The van der Waals surface area contributed by atoms with E-state index < -0.39 is 10.0 Å². The van der Waals surface area contributed by atoms with Crippen molar-refractivity contribution in [2.75, 3.05) is 36.9 Å². The zero-order valence-corrected chi connectivity index (χ0v) is 15.1. The highest BCUT2D eigenvalue weighted by Crippen LogP contribution is 2.23. The number of carbonyl (C=O) groups excluding carboxylic acids is 1. The lowest BCUT2D eigenvalue weighted by Gasteiger charge is -2.24. The molecule has 0 aliphatic rings. The van der Waals surface area contributed by atoms with Gasteiger partial charge in [0.15, 0.2) is 0 Å². The van der Waals surface area contributed by atoms with Gasteiger partial charge in [-0.1, -0.05) is 12.1 Å². The lowest BCUT2D eigenvalue weighted by Crippen LogP contribution is -2.41. The van der Waals surface area contributed by atoms with Gasteiger partial charge < -0.3 is 10.1 Å². The highest BCUT2D eigenvalue weighted by Gasteiger charge is 2.22. The maximum Gasteiger partial charge on any atom is 0.240 e. The molecular formula is C16H26N2O4S. The fraction of sp³-hybridized carbons (Fsp3) is 0.562. The van der Waals surface area contributed by atoms with E-state index in [1.165, 1.54) is 0 Å². The Morgan fingerprint density at radius 2 is 2.00 bits per heavy atom. The predicted octanol–water partition coefficient (Wildman–Crippen LogP) is 1.61. The first-order valence-electron chi connectivity index (χ1n) is 7.65. The summed E-state index contributed by atoms with van der Waals surface area (Å²) >= 11 is 0. The molecule has 0 radical (unpaired) electrons. The maximum absolute atomic E-state index is 12.1. The van der Waals surface area contributed by atoms with Crippen LogP contribution in [0.4, 0.5) is 5.69 Å². The lowest BCUT2D eigenvalue weighted by atomic mass is 10.1. The largest absolute Gasteiger partial charge is 0.382 e. The van der Waals surface area contributed by atoms with E-state index in [9.17, 15) is 13.2 Å². The molecule has 1 N–H and O–H groups in total. The molecule has 0 saturated heterocycles. The molecule has 0 fully saturated rings. The average molecular weight is 342 g/mol. The third kappa shape index (κ3) is 6.58. The molecule has 7 heteroatoms. The summed E-state index contributed by atoms with van der Waals surface area (Å²) in [5.41, 5.74) is 2.29. The topological polar surface area (TPSA) is 75.7 Å². The van der Waals surface area contributed by atoms with Crippen molar-refractivity contribution in [1.29, 1.82) is 0 Å². The molecule has 1 aromatic rings. The molecule has 0 aliphatic carbocycles. The minimum absolute atomic E-state index is 0.224. The smallest absolute Gasteiger partial charge is 0.240 e. The quantitative estimate of drug-likeness (QED) is 0.692. The highest BCUT2D eigenvalue weighted by atomic mass is 32.2. The van der Waals surface area contributed by atoms with Crippen LogP contribution in [0, 0.1) is 13.8 Å². The van der Waals surface area contributed by atoms with Gasteiger partial charge in [0, 0.05) is 19.8 Å². The minimum atomic E-state index is -3.54. The molecule has 1 rings (SSSR count). The number of nitrogens with zero attached hydrogens (tertiary/aromatic N) is 1. The Hall–Kier alpha value is -1.60. The number of benzene rings is 1. The summed E-state index contributed by atoms with van der Waals surface area (Å²) in [6, 6.07) is 5.54. The van der Waals surface area contributed by atoms with Crippen molar-refractivity contribution in [3.05, 3.63) is 29.3 Å². The number of rotatable bonds is 9. The molecule has 0 bridgehead atoms. The molecule has 23 heavy (non-hydrogen) atoms. The van der Waals surface area contributed by atoms with Gasteiger partial charge in [0.2, 0.25) is 15.9 Å². The molecule has 0 atom stereocenters. The Bertz CT molecular complexity index is 629. The summed E-state index contributed by atoms with van der Waals surface area (Å²) in [6.45, 7) is 7.07. The van der Waals surface area contributed by atoms with Crippen molar-refractivity contribution in [3.63, 3.8) is 0 Å². The number of carbonyl (C=O) groups is 1. The standard InChI is InChI=1S/C16H26N2O4S/c1-5-22-10-6-9-17-16(19)12-18(23(4,20)21)15-11-13(2)7-8-14(15)3/h7-8,11H,5-6,9-10,12H2,1-4H3,(H,17,19). The summed E-state index contributed by atoms with van der Waals surface area (Å²) in [5, 5.41) is 2.72. The van der Waals surface area contributed by atoms with Crippen LogP contribution in [-0.2, 0) is 19.6 Å². The van der Waals surface area contributed by atoms with E-state index in [0.29, 0.717) is 31.9 Å². The predicted molar refractivity (Wildman–Crippen MR) is 92.2 cm³/mol. The summed E-state index contributed by atoms with van der Waals surface area (Å²) in [4.78, 5) is 12.0. The van der Waals surface area contributed by atoms with E-state index >= 15 is 0 Å². The molecule has 0 spiro atoms. The average Bonchev–Trinajstić information content (AvgIpc) is 2.46. The van der Waals surface area contributed by atoms with E-state index in [2.05, 4.69) is 5.32 Å². The van der Waals surface area contributed by atoms with Gasteiger partial charge in [0.1, 0.15) is 6.54 Å². The van der Waals surface area contributed by atoms with Gasteiger partial charge in [-0.2, -0.15) is 0 Å². The second kappa shape index (κ2) is 8.88. The molecule has 0 unspecified atom stereocenters. The third-order valence-corrected chi connectivity index (χ3v) is 4.44. The van der Waals surface area contributed by atoms with Gasteiger partial charge in [-0.15, -0.1) is 0 Å². The van der Waals surface area contributed by atoms with Crippen LogP contribution in [0.2, 0.25) is 0 Å². The van der Waals surface area contributed by atoms with E-state index in [1.807, 2.05) is 32.9 Å². The van der Waals surface area contributed by atoms with Crippen molar-refractivity contribution in [2.45, 2.75) is 27.2 Å². The molecular weight excluding hydrogens is 316 g/mol. The monoisotopic (exact) mass is 342 g/mol. The van der Waals surface area contributed by atoms with Gasteiger partial charge in [-0.3, -0.25) is 9.10 Å². The third-order valence-electron chi connectivity index (χ3n) is 3.31. The second-order valence-electron chi connectivity index (χ2n) is 5.46. The molecule has 0 aromatic heterocycles. The first-order valence-corrected chi connectivity index (χ1v) is 9.50. The highest BCUT2D eigenvalue weighted by molar-refractivity contribution is 7.92. The Morgan fingerprint density at radius 3 is 2.61 bits per heavy atom. The van der Waals surface area contributed by atoms with Crippen LogP contribution < -0.4 is 9.62 Å². The Labute approximate surface area is 138 Å².